The van der Waals surface area contributed by atoms with Crippen molar-refractivity contribution in [1.82, 2.24) is 0 Å². The van der Waals surface area contributed by atoms with Gasteiger partial charge in [0.05, 0.1) is 14.2 Å². The lowest BCUT2D eigenvalue weighted by atomic mass is 9.61. The predicted octanol–water partition coefficient (Wildman–Crippen LogP) is 12.7. The molecule has 0 spiro atoms. The van der Waals surface area contributed by atoms with Crippen LogP contribution < -0.4 is 0 Å². The normalized spacial score (nSPS) is 24.5. The zero-order chi connectivity index (χ0) is 44.0. The Kier molecular flexibility index (Phi) is 27.5. The summed E-state index contributed by atoms with van der Waals surface area (Å²) < 4.78 is 8.22. The number of ketones is 2. The number of Topliss-reactive ketones (excluding diaryl/α,β-unsaturated/α-hetero) is 2. The molecule has 59 heavy (non-hydrogen) atoms. The summed E-state index contributed by atoms with van der Waals surface area (Å²) in [5, 5.41) is 0. The van der Waals surface area contributed by atoms with Gasteiger partial charge in [0.25, 0.3) is 0 Å². The zero-order valence-corrected chi connectivity index (χ0v) is 37.7. The Balaban J connectivity index is 0.000000383. The Morgan fingerprint density at radius 2 is 0.712 bits per heavy atom. The number of fused-ring (bicyclic) bond motifs is 12. The molecule has 4 aromatic carbocycles. The second-order valence-corrected chi connectivity index (χ2v) is 15.6. The van der Waals surface area contributed by atoms with Gasteiger partial charge in [0.15, 0.2) is 0 Å². The Labute approximate surface area is 357 Å². The van der Waals surface area contributed by atoms with E-state index in [-0.39, 0.29) is 23.5 Å². The molecule has 9 unspecified atom stereocenters. The second-order valence-electron chi connectivity index (χ2n) is 15.6. The lowest BCUT2D eigenvalue weighted by molar-refractivity contribution is -0.138. The topological polar surface area (TPSA) is 86.7 Å². The number of methoxy groups -OCH3 is 2. The molecule has 5 aliphatic rings. The van der Waals surface area contributed by atoms with Gasteiger partial charge in [-0.05, 0) is 119 Å². The highest BCUT2D eigenvalue weighted by Crippen LogP contribution is 2.74. The molecular formula is C53H74O6. The molecular weight excluding hydrogens is 733 g/mol. The highest BCUT2D eigenvalue weighted by Gasteiger charge is 2.67. The number of carbonyl (C=O) groups excluding carboxylic acids is 4. The van der Waals surface area contributed by atoms with Crippen LogP contribution in [0.5, 0.6) is 0 Å². The number of rotatable bonds is 1. The fourth-order valence-electron chi connectivity index (χ4n) is 9.56. The van der Waals surface area contributed by atoms with Gasteiger partial charge in [0, 0.05) is 13.8 Å². The molecule has 6 heteroatoms. The molecule has 5 fully saturated rings. The van der Waals surface area contributed by atoms with Crippen LogP contribution in [0.1, 0.15) is 105 Å². The van der Waals surface area contributed by atoms with Gasteiger partial charge in [-0.25, -0.2) is 0 Å². The van der Waals surface area contributed by atoms with Crippen LogP contribution in [0.4, 0.5) is 0 Å². The average Bonchev–Trinajstić information content (AvgIpc) is 4.11. The highest BCUT2D eigenvalue weighted by molar-refractivity contribution is 5.72. The van der Waals surface area contributed by atoms with Gasteiger partial charge in [-0.15, -0.1) is 0 Å². The van der Waals surface area contributed by atoms with Crippen molar-refractivity contribution in [2.75, 3.05) is 14.2 Å². The van der Waals surface area contributed by atoms with Gasteiger partial charge in [0.2, 0.25) is 0 Å². The van der Waals surface area contributed by atoms with Crippen molar-refractivity contribution in [2.45, 2.75) is 99.8 Å². The fraction of sp³-hybridized carbons (Fsp3) is 0.472. The van der Waals surface area contributed by atoms with E-state index in [2.05, 4.69) is 39.8 Å². The van der Waals surface area contributed by atoms with E-state index < -0.39 is 0 Å². The molecule has 9 atom stereocenters. The van der Waals surface area contributed by atoms with Crippen LogP contribution in [0.15, 0.2) is 140 Å². The minimum Gasteiger partial charge on any atom is -0.469 e. The van der Waals surface area contributed by atoms with Gasteiger partial charge < -0.3 is 19.1 Å². The summed E-state index contributed by atoms with van der Waals surface area (Å²) in [4.78, 5) is 38.1. The number of esters is 2. The van der Waals surface area contributed by atoms with E-state index in [0.717, 1.165) is 35.5 Å². The van der Waals surface area contributed by atoms with Gasteiger partial charge in [-0.3, -0.25) is 9.59 Å². The van der Waals surface area contributed by atoms with E-state index in [1.54, 1.807) is 37.7 Å². The average molecular weight is 807 g/mol. The molecule has 0 saturated heterocycles. The first-order valence-electron chi connectivity index (χ1n) is 21.5. The van der Waals surface area contributed by atoms with Crippen molar-refractivity contribution in [2.24, 2.45) is 47.3 Å². The van der Waals surface area contributed by atoms with Gasteiger partial charge in [0.1, 0.15) is 11.6 Å². The summed E-state index contributed by atoms with van der Waals surface area (Å²) in [5.41, 5.74) is 1.66. The summed E-state index contributed by atoms with van der Waals surface area (Å²) >= 11 is 0. The molecule has 322 valence electrons. The standard InChI is InChI=1S/C21H26.3C6H6.2C3H6O2.2C3H6O.C2H6/c1-2-5-12(6-3-1)16-9-13-10-17(16)21-19-11-18(20(13)21)14-7-4-8-15(14)19;3*1-2-4-6-5-3-1;2*1-3(4)5-2;2*1-3(2)4;1-2/h1-3,5-6,13-21H,4,7-11H2;3*1-6H;2*1-2H3;2*1-2H3;1-2H3. The monoisotopic (exact) mass is 807 g/mol. The van der Waals surface area contributed by atoms with Crippen molar-refractivity contribution in [1.29, 1.82) is 0 Å². The van der Waals surface area contributed by atoms with Crippen molar-refractivity contribution < 1.29 is 28.7 Å². The van der Waals surface area contributed by atoms with Gasteiger partial charge >= 0.3 is 11.9 Å². The number of ether oxygens (including phenoxy) is 2. The summed E-state index contributed by atoms with van der Waals surface area (Å²) in [6, 6.07) is 47.5. The smallest absolute Gasteiger partial charge is 0.302 e. The van der Waals surface area contributed by atoms with E-state index in [4.69, 9.17) is 0 Å². The molecule has 0 aromatic heterocycles. The Morgan fingerprint density at radius 3 is 1.02 bits per heavy atom. The first-order valence-corrected chi connectivity index (χ1v) is 21.5. The van der Waals surface area contributed by atoms with Gasteiger partial charge in [-0.1, -0.05) is 160 Å². The quantitative estimate of drug-likeness (QED) is 0.141. The van der Waals surface area contributed by atoms with E-state index in [1.807, 2.05) is 123 Å². The summed E-state index contributed by atoms with van der Waals surface area (Å²) in [6.07, 6.45) is 9.48. The predicted molar refractivity (Wildman–Crippen MR) is 244 cm³/mol. The Bertz CT molecular complexity index is 1460. The SMILES string of the molecule is CC.CC(C)=O.CC(C)=O.COC(C)=O.COC(C)=O.c1ccc(C2CC3CC2C2C4CC(C5CCCC54)C32)cc1.c1ccccc1.c1ccccc1.c1ccccc1. The minimum atomic E-state index is -0.245. The third-order valence-electron chi connectivity index (χ3n) is 11.2. The first kappa shape index (κ1) is 52.2. The Hall–Kier alpha value is -4.84. The van der Waals surface area contributed by atoms with E-state index in [9.17, 15) is 19.2 Å². The lowest BCUT2D eigenvalue weighted by Gasteiger charge is -2.43. The summed E-state index contributed by atoms with van der Waals surface area (Å²) in [6.45, 7) is 12.8. The van der Waals surface area contributed by atoms with E-state index in [1.165, 1.54) is 79.9 Å². The molecule has 9 rings (SSSR count). The Morgan fingerprint density at radius 1 is 0.424 bits per heavy atom. The van der Waals surface area contributed by atoms with Gasteiger partial charge in [-0.2, -0.15) is 0 Å². The van der Waals surface area contributed by atoms with Crippen LogP contribution in [0.25, 0.3) is 0 Å². The molecule has 6 nitrogen and oxygen atoms in total. The highest BCUT2D eigenvalue weighted by atomic mass is 16.5. The lowest BCUT2D eigenvalue weighted by Crippen LogP contribution is -2.38. The van der Waals surface area contributed by atoms with Crippen molar-refractivity contribution in [3.63, 3.8) is 0 Å². The van der Waals surface area contributed by atoms with Crippen molar-refractivity contribution in [3.05, 3.63) is 145 Å². The number of hydrogen-bond donors (Lipinski definition) is 0. The number of carbonyl (C=O) groups is 4. The molecule has 4 aromatic rings. The largest absolute Gasteiger partial charge is 0.469 e. The minimum absolute atomic E-state index is 0.167. The van der Waals surface area contributed by atoms with Crippen LogP contribution >= 0.6 is 0 Å². The molecule has 0 radical (unpaired) electrons. The molecule has 0 amide bonds. The van der Waals surface area contributed by atoms with Crippen LogP contribution in [0.2, 0.25) is 0 Å². The molecule has 4 bridgehead atoms. The zero-order valence-electron chi connectivity index (χ0n) is 37.7. The molecule has 0 N–H and O–H groups in total. The third kappa shape index (κ3) is 20.1. The molecule has 5 aliphatic carbocycles. The van der Waals surface area contributed by atoms with Crippen molar-refractivity contribution in [3.8, 4) is 0 Å². The maximum atomic E-state index is 9.59. The second kappa shape index (κ2) is 31.1. The summed E-state index contributed by atoms with van der Waals surface area (Å²) in [5.74, 6) is 9.86. The third-order valence-corrected chi connectivity index (χ3v) is 11.2. The van der Waals surface area contributed by atoms with E-state index in [0.29, 0.717) is 0 Å². The molecule has 0 heterocycles. The van der Waals surface area contributed by atoms with Crippen molar-refractivity contribution >= 4 is 23.5 Å². The first-order chi connectivity index (χ1) is 28.4. The fourth-order valence-corrected chi connectivity index (χ4v) is 9.56. The van der Waals surface area contributed by atoms with Crippen LogP contribution in [0, 0.1) is 47.3 Å². The number of hydrogen-bond acceptors (Lipinski definition) is 6. The maximum absolute atomic E-state index is 9.59. The summed E-state index contributed by atoms with van der Waals surface area (Å²) in [7, 11) is 2.70. The molecule has 5 saturated carbocycles. The maximum Gasteiger partial charge on any atom is 0.302 e. The van der Waals surface area contributed by atoms with Crippen LogP contribution in [-0.2, 0) is 28.7 Å². The number of benzene rings is 4. The van der Waals surface area contributed by atoms with Crippen LogP contribution in [0.3, 0.4) is 0 Å². The van der Waals surface area contributed by atoms with E-state index >= 15 is 0 Å². The molecule has 0 aliphatic heterocycles. The van der Waals surface area contributed by atoms with Crippen LogP contribution in [-0.4, -0.2) is 37.7 Å².